The lowest BCUT2D eigenvalue weighted by Gasteiger charge is -2.09. The number of ether oxygens (including phenoxy) is 1. The van der Waals surface area contributed by atoms with Crippen molar-refractivity contribution in [2.75, 3.05) is 20.7 Å². The molecule has 0 heterocycles. The van der Waals surface area contributed by atoms with Crippen LogP contribution < -0.4 is 0 Å². The van der Waals surface area contributed by atoms with Gasteiger partial charge in [-0.25, -0.2) is 13.6 Å². The maximum atomic E-state index is 12.1. The maximum Gasteiger partial charge on any atom is 0.343 e. The van der Waals surface area contributed by atoms with E-state index in [0.717, 1.165) is 6.20 Å². The Morgan fingerprint density at radius 3 is 2.27 bits per heavy atom. The lowest BCUT2D eigenvalue weighted by molar-refractivity contribution is -0.141. The molecule has 0 saturated heterocycles. The zero-order chi connectivity index (χ0) is 12.0. The molecule has 0 bridgehead atoms. The molecule has 0 atom stereocenters. The number of halogens is 2. The first-order valence-electron chi connectivity index (χ1n) is 4.27. The molecule has 15 heavy (non-hydrogen) atoms. The Hall–Kier alpha value is -1.46. The molecule has 0 saturated carbocycles. The van der Waals surface area contributed by atoms with Crippen molar-refractivity contribution in [3.05, 3.63) is 11.8 Å². The summed E-state index contributed by atoms with van der Waals surface area (Å²) in [7, 11) is 3.02. The number of hydrogen-bond acceptors (Lipinski definition) is 4. The zero-order valence-electron chi connectivity index (χ0n) is 8.79. The van der Waals surface area contributed by atoms with E-state index in [-0.39, 0.29) is 6.61 Å². The van der Waals surface area contributed by atoms with Gasteiger partial charge in [-0.2, -0.15) is 0 Å². The molecule has 0 rings (SSSR count). The van der Waals surface area contributed by atoms with Crippen molar-refractivity contribution >= 4 is 11.8 Å². The predicted octanol–water partition coefficient (Wildman–Crippen LogP) is 0.829. The standard InChI is InChI=1S/C9H13F2NO3/c1-4-15-9(14)6(5-12(2)3)7(13)8(10)11/h5,8H,4H2,1-3H3/b6-5-. The smallest absolute Gasteiger partial charge is 0.343 e. The molecule has 0 aromatic carbocycles. The summed E-state index contributed by atoms with van der Waals surface area (Å²) in [6.45, 7) is 1.55. The van der Waals surface area contributed by atoms with Crippen LogP contribution in [0, 0.1) is 0 Å². The van der Waals surface area contributed by atoms with Gasteiger partial charge in [0, 0.05) is 20.3 Å². The Bertz CT molecular complexity index is 275. The highest BCUT2D eigenvalue weighted by atomic mass is 19.3. The van der Waals surface area contributed by atoms with Gasteiger partial charge >= 0.3 is 12.4 Å². The van der Waals surface area contributed by atoms with Crippen molar-refractivity contribution in [2.24, 2.45) is 0 Å². The Morgan fingerprint density at radius 1 is 1.40 bits per heavy atom. The molecule has 86 valence electrons. The van der Waals surface area contributed by atoms with Gasteiger partial charge in [0.15, 0.2) is 0 Å². The lowest BCUT2D eigenvalue weighted by Crippen LogP contribution is -2.23. The van der Waals surface area contributed by atoms with E-state index in [2.05, 4.69) is 4.74 Å². The van der Waals surface area contributed by atoms with Crippen molar-refractivity contribution in [2.45, 2.75) is 13.3 Å². The van der Waals surface area contributed by atoms with Gasteiger partial charge in [-0.3, -0.25) is 4.79 Å². The second-order valence-electron chi connectivity index (χ2n) is 2.89. The van der Waals surface area contributed by atoms with E-state index in [9.17, 15) is 18.4 Å². The van der Waals surface area contributed by atoms with Gasteiger partial charge in [-0.05, 0) is 6.92 Å². The van der Waals surface area contributed by atoms with E-state index < -0.39 is 23.8 Å². The number of hydrogen-bond donors (Lipinski definition) is 0. The summed E-state index contributed by atoms with van der Waals surface area (Å²) in [5.74, 6) is -2.56. The first-order chi connectivity index (χ1) is 6.90. The summed E-state index contributed by atoms with van der Waals surface area (Å²) < 4.78 is 28.7. The summed E-state index contributed by atoms with van der Waals surface area (Å²) in [5, 5.41) is 0. The van der Waals surface area contributed by atoms with Gasteiger partial charge < -0.3 is 9.64 Å². The number of Topliss-reactive ketones (excluding diaryl/α,β-unsaturated/α-hetero) is 1. The number of esters is 1. The fourth-order valence-electron chi connectivity index (χ4n) is 0.802. The van der Waals surface area contributed by atoms with Crippen LogP contribution in [0.3, 0.4) is 0 Å². The van der Waals surface area contributed by atoms with Crippen LogP contribution in [0.2, 0.25) is 0 Å². The monoisotopic (exact) mass is 221 g/mol. The highest BCUT2D eigenvalue weighted by molar-refractivity contribution is 6.18. The Balaban J connectivity index is 4.90. The summed E-state index contributed by atoms with van der Waals surface area (Å²) in [5.41, 5.74) is -0.642. The van der Waals surface area contributed by atoms with Crippen molar-refractivity contribution in [1.82, 2.24) is 4.90 Å². The molecule has 0 fully saturated rings. The average Bonchev–Trinajstić information content (AvgIpc) is 2.13. The van der Waals surface area contributed by atoms with Crippen molar-refractivity contribution in [3.63, 3.8) is 0 Å². The van der Waals surface area contributed by atoms with Crippen LogP contribution >= 0.6 is 0 Å². The predicted molar refractivity (Wildman–Crippen MR) is 49.4 cm³/mol. The first kappa shape index (κ1) is 13.5. The van der Waals surface area contributed by atoms with Gasteiger partial charge in [0.25, 0.3) is 0 Å². The summed E-state index contributed by atoms with van der Waals surface area (Å²) in [4.78, 5) is 23.4. The van der Waals surface area contributed by atoms with Crippen LogP contribution in [0.15, 0.2) is 11.8 Å². The molecule has 0 N–H and O–H groups in total. The molecule has 0 aliphatic carbocycles. The fourth-order valence-corrected chi connectivity index (χ4v) is 0.802. The second kappa shape index (κ2) is 6.10. The normalized spacial score (nSPS) is 11.5. The largest absolute Gasteiger partial charge is 0.462 e. The zero-order valence-corrected chi connectivity index (χ0v) is 8.79. The van der Waals surface area contributed by atoms with E-state index in [1.54, 1.807) is 0 Å². The highest BCUT2D eigenvalue weighted by Crippen LogP contribution is 2.08. The minimum atomic E-state index is -3.21. The SMILES string of the molecule is CCOC(=O)/C(=C\N(C)C)C(=O)C(F)F. The van der Waals surface area contributed by atoms with Gasteiger partial charge in [-0.15, -0.1) is 0 Å². The van der Waals surface area contributed by atoms with E-state index in [0.29, 0.717) is 0 Å². The van der Waals surface area contributed by atoms with E-state index in [1.807, 2.05) is 0 Å². The summed E-state index contributed by atoms with van der Waals surface area (Å²) >= 11 is 0. The third-order valence-electron chi connectivity index (χ3n) is 1.35. The molecule has 6 heteroatoms. The molecule has 0 aromatic rings. The molecular weight excluding hydrogens is 208 g/mol. The van der Waals surface area contributed by atoms with Gasteiger partial charge in [0.1, 0.15) is 5.57 Å². The number of rotatable bonds is 5. The Kier molecular flexibility index (Phi) is 5.51. The molecule has 0 spiro atoms. The molecule has 0 aliphatic rings. The summed E-state index contributed by atoms with van der Waals surface area (Å²) in [6, 6.07) is 0. The summed E-state index contributed by atoms with van der Waals surface area (Å²) in [6.07, 6.45) is -2.19. The van der Waals surface area contributed by atoms with Crippen molar-refractivity contribution in [3.8, 4) is 0 Å². The van der Waals surface area contributed by atoms with Crippen molar-refractivity contribution in [1.29, 1.82) is 0 Å². The van der Waals surface area contributed by atoms with Crippen LogP contribution in [0.5, 0.6) is 0 Å². The van der Waals surface area contributed by atoms with Gasteiger partial charge in [-0.1, -0.05) is 0 Å². The van der Waals surface area contributed by atoms with Crippen LogP contribution in [-0.2, 0) is 14.3 Å². The van der Waals surface area contributed by atoms with Crippen molar-refractivity contribution < 1.29 is 23.1 Å². The Morgan fingerprint density at radius 2 is 1.93 bits per heavy atom. The van der Waals surface area contributed by atoms with Gasteiger partial charge in [0.2, 0.25) is 5.78 Å². The number of carbonyl (C=O) groups is 2. The lowest BCUT2D eigenvalue weighted by atomic mass is 10.2. The molecule has 0 unspecified atom stereocenters. The fraction of sp³-hybridized carbons (Fsp3) is 0.556. The number of ketones is 1. The maximum absolute atomic E-state index is 12.1. The van der Waals surface area contributed by atoms with Gasteiger partial charge in [0.05, 0.1) is 6.61 Å². The quantitative estimate of drug-likeness (QED) is 0.298. The molecular formula is C9H13F2NO3. The second-order valence-corrected chi connectivity index (χ2v) is 2.89. The molecule has 0 radical (unpaired) electrons. The molecule has 0 amide bonds. The van der Waals surface area contributed by atoms with Crippen LogP contribution in [-0.4, -0.2) is 43.8 Å². The average molecular weight is 221 g/mol. The molecule has 0 aromatic heterocycles. The van der Waals surface area contributed by atoms with E-state index >= 15 is 0 Å². The number of nitrogens with zero attached hydrogens (tertiary/aromatic N) is 1. The van der Waals surface area contributed by atoms with Crippen LogP contribution in [0.25, 0.3) is 0 Å². The third-order valence-corrected chi connectivity index (χ3v) is 1.35. The van der Waals surface area contributed by atoms with E-state index in [1.165, 1.54) is 25.9 Å². The molecule has 4 nitrogen and oxygen atoms in total. The number of carbonyl (C=O) groups excluding carboxylic acids is 2. The molecule has 0 aliphatic heterocycles. The van der Waals surface area contributed by atoms with Crippen LogP contribution in [0.1, 0.15) is 6.92 Å². The first-order valence-corrected chi connectivity index (χ1v) is 4.27. The minimum absolute atomic E-state index is 0.0279. The highest BCUT2D eigenvalue weighted by Gasteiger charge is 2.27. The third kappa shape index (κ3) is 4.53. The van der Waals surface area contributed by atoms with Crippen LogP contribution in [0.4, 0.5) is 8.78 Å². The van der Waals surface area contributed by atoms with E-state index in [4.69, 9.17) is 0 Å². The topological polar surface area (TPSA) is 46.6 Å². The Labute approximate surface area is 86.5 Å². The number of alkyl halides is 2. The minimum Gasteiger partial charge on any atom is -0.462 e.